The van der Waals surface area contributed by atoms with Crippen molar-refractivity contribution in [3.8, 4) is 0 Å². The topological polar surface area (TPSA) is 9.23 Å². The fraction of sp³-hybridized carbons (Fsp3) is 1.00. The van der Waals surface area contributed by atoms with Gasteiger partial charge in [-0.2, -0.15) is 0 Å². The van der Waals surface area contributed by atoms with Crippen LogP contribution in [0.1, 0.15) is 46.5 Å². The summed E-state index contributed by atoms with van der Waals surface area (Å²) in [5.74, 6) is -2.40. The number of rotatable bonds is 0. The Morgan fingerprint density at radius 2 is 1.79 bits per heavy atom. The molecule has 0 amide bonds. The molecule has 0 N–H and O–H groups in total. The van der Waals surface area contributed by atoms with Crippen molar-refractivity contribution in [2.75, 3.05) is 6.61 Å². The molecule has 1 aliphatic carbocycles. The molecule has 3 heteroatoms. The Hall–Kier alpha value is -0.180. The Kier molecular flexibility index (Phi) is 3.51. The molecule has 0 unspecified atom stereocenters. The van der Waals surface area contributed by atoms with Crippen LogP contribution in [-0.2, 0) is 4.74 Å². The van der Waals surface area contributed by atoms with Crippen LogP contribution < -0.4 is 0 Å². The van der Waals surface area contributed by atoms with Gasteiger partial charge >= 0.3 is 0 Å². The van der Waals surface area contributed by atoms with Crippen LogP contribution in [-0.4, -0.2) is 18.6 Å². The Balaban J connectivity index is 0.000000461. The summed E-state index contributed by atoms with van der Waals surface area (Å²) < 4.78 is 30.6. The third-order valence-electron chi connectivity index (χ3n) is 3.02. The molecule has 1 nitrogen and oxygen atoms in total. The second-order valence-electron chi connectivity index (χ2n) is 4.37. The van der Waals surface area contributed by atoms with E-state index in [1.165, 1.54) is 0 Å². The van der Waals surface area contributed by atoms with Crippen LogP contribution >= 0.6 is 0 Å². The molecule has 0 aromatic carbocycles. The predicted molar refractivity (Wildman–Crippen MR) is 52.6 cm³/mol. The summed E-state index contributed by atoms with van der Waals surface area (Å²) in [5.41, 5.74) is -0.157. The molecule has 0 aromatic rings. The lowest BCUT2D eigenvalue weighted by Crippen LogP contribution is -2.51. The SMILES string of the molecule is CC.C[C@@H]1CCC2(CO1)CC(F)(F)C2. The van der Waals surface area contributed by atoms with Crippen molar-refractivity contribution in [1.29, 1.82) is 0 Å². The first-order chi connectivity index (χ1) is 6.52. The maximum atomic E-state index is 12.6. The normalized spacial score (nSPS) is 32.8. The first-order valence-electron chi connectivity index (χ1n) is 5.51. The van der Waals surface area contributed by atoms with E-state index in [0.29, 0.717) is 6.61 Å². The molecule has 1 atom stereocenters. The molecule has 1 spiro atoms. The predicted octanol–water partition coefficient (Wildman–Crippen LogP) is 3.63. The van der Waals surface area contributed by atoms with Gasteiger partial charge < -0.3 is 4.74 Å². The maximum absolute atomic E-state index is 12.6. The summed E-state index contributed by atoms with van der Waals surface area (Å²) in [7, 11) is 0. The molecule has 0 radical (unpaired) electrons. The molecule has 1 aliphatic heterocycles. The Labute approximate surface area is 84.8 Å². The van der Waals surface area contributed by atoms with Gasteiger partial charge in [-0.3, -0.25) is 0 Å². The average Bonchev–Trinajstić information content (AvgIpc) is 2.11. The Bertz CT molecular complexity index is 174. The molecule has 0 aromatic heterocycles. The van der Waals surface area contributed by atoms with Crippen LogP contribution in [0, 0.1) is 5.41 Å². The fourth-order valence-electron chi connectivity index (χ4n) is 2.31. The minimum Gasteiger partial charge on any atom is -0.378 e. The zero-order valence-electron chi connectivity index (χ0n) is 9.28. The number of hydrogen-bond acceptors (Lipinski definition) is 1. The summed E-state index contributed by atoms with van der Waals surface area (Å²) in [5, 5.41) is 0. The third-order valence-corrected chi connectivity index (χ3v) is 3.02. The lowest BCUT2D eigenvalue weighted by atomic mass is 9.63. The smallest absolute Gasteiger partial charge is 0.249 e. The molecule has 2 aliphatic rings. The molecular weight excluding hydrogens is 186 g/mol. The van der Waals surface area contributed by atoms with Crippen molar-refractivity contribution in [2.45, 2.75) is 58.5 Å². The summed E-state index contributed by atoms with van der Waals surface area (Å²) >= 11 is 0. The highest BCUT2D eigenvalue weighted by atomic mass is 19.3. The van der Waals surface area contributed by atoms with Crippen LogP contribution in [0.5, 0.6) is 0 Å². The number of alkyl halides is 2. The van der Waals surface area contributed by atoms with E-state index < -0.39 is 5.92 Å². The van der Waals surface area contributed by atoms with Crippen LogP contribution in [0.4, 0.5) is 8.78 Å². The first-order valence-corrected chi connectivity index (χ1v) is 5.51. The zero-order valence-corrected chi connectivity index (χ0v) is 9.28. The zero-order chi connectivity index (χ0) is 10.8. The molecule has 1 heterocycles. The number of halogens is 2. The van der Waals surface area contributed by atoms with Gasteiger partial charge in [-0.15, -0.1) is 0 Å². The summed E-state index contributed by atoms with van der Waals surface area (Å²) in [6.07, 6.45) is 2.23. The highest BCUT2D eigenvalue weighted by molar-refractivity contribution is 5.00. The van der Waals surface area contributed by atoms with E-state index in [1.54, 1.807) is 0 Å². The molecule has 2 rings (SSSR count). The van der Waals surface area contributed by atoms with Gasteiger partial charge in [-0.1, -0.05) is 13.8 Å². The summed E-state index contributed by atoms with van der Waals surface area (Å²) in [6.45, 7) is 6.55. The van der Waals surface area contributed by atoms with Crippen LogP contribution in [0.15, 0.2) is 0 Å². The van der Waals surface area contributed by atoms with Crippen LogP contribution in [0.3, 0.4) is 0 Å². The second-order valence-corrected chi connectivity index (χ2v) is 4.37. The largest absolute Gasteiger partial charge is 0.378 e. The lowest BCUT2D eigenvalue weighted by Gasteiger charge is -2.50. The quantitative estimate of drug-likeness (QED) is 0.588. The third kappa shape index (κ3) is 2.44. The van der Waals surface area contributed by atoms with E-state index in [0.717, 1.165) is 12.8 Å². The van der Waals surface area contributed by atoms with Gasteiger partial charge in [0.2, 0.25) is 5.92 Å². The van der Waals surface area contributed by atoms with Crippen molar-refractivity contribution in [3.05, 3.63) is 0 Å². The highest BCUT2D eigenvalue weighted by Crippen LogP contribution is 2.56. The Morgan fingerprint density at radius 1 is 1.21 bits per heavy atom. The average molecular weight is 206 g/mol. The van der Waals surface area contributed by atoms with Gasteiger partial charge in [0.1, 0.15) is 0 Å². The standard InChI is InChI=1S/C9H14F2O.C2H6/c1-7-2-3-8(6-12-7)4-9(10,11)5-8;1-2/h7H,2-6H2,1H3;1-2H3/t7-;/m1./s1. The lowest BCUT2D eigenvalue weighted by molar-refractivity contribution is -0.209. The molecule has 0 bridgehead atoms. The van der Waals surface area contributed by atoms with E-state index in [4.69, 9.17) is 4.74 Å². The van der Waals surface area contributed by atoms with E-state index >= 15 is 0 Å². The minimum atomic E-state index is -2.40. The number of ether oxygens (including phenoxy) is 1. The minimum absolute atomic E-state index is 0.0483. The van der Waals surface area contributed by atoms with E-state index in [1.807, 2.05) is 20.8 Å². The highest BCUT2D eigenvalue weighted by Gasteiger charge is 2.57. The van der Waals surface area contributed by atoms with Gasteiger partial charge in [0.15, 0.2) is 0 Å². The molecule has 14 heavy (non-hydrogen) atoms. The van der Waals surface area contributed by atoms with Gasteiger partial charge in [0.05, 0.1) is 12.7 Å². The van der Waals surface area contributed by atoms with Crippen molar-refractivity contribution in [2.24, 2.45) is 5.41 Å². The second kappa shape index (κ2) is 4.13. The summed E-state index contributed by atoms with van der Waals surface area (Å²) in [4.78, 5) is 0. The van der Waals surface area contributed by atoms with E-state index in [9.17, 15) is 8.78 Å². The maximum Gasteiger partial charge on any atom is 0.249 e. The molecule has 1 saturated heterocycles. The molecular formula is C11H20F2O. The van der Waals surface area contributed by atoms with Gasteiger partial charge in [0, 0.05) is 18.3 Å². The van der Waals surface area contributed by atoms with E-state index in [2.05, 4.69) is 0 Å². The molecule has 2 fully saturated rings. The molecule has 1 saturated carbocycles. The van der Waals surface area contributed by atoms with Gasteiger partial charge in [-0.05, 0) is 19.8 Å². The first kappa shape index (κ1) is 11.9. The number of hydrogen-bond donors (Lipinski definition) is 0. The monoisotopic (exact) mass is 206 g/mol. The fourth-order valence-corrected chi connectivity index (χ4v) is 2.31. The van der Waals surface area contributed by atoms with Crippen molar-refractivity contribution >= 4 is 0 Å². The van der Waals surface area contributed by atoms with E-state index in [-0.39, 0.29) is 24.4 Å². The van der Waals surface area contributed by atoms with Crippen LogP contribution in [0.25, 0.3) is 0 Å². The molecule has 84 valence electrons. The van der Waals surface area contributed by atoms with Gasteiger partial charge in [-0.25, -0.2) is 8.78 Å². The summed E-state index contributed by atoms with van der Waals surface area (Å²) in [6, 6.07) is 0. The van der Waals surface area contributed by atoms with Crippen LogP contribution in [0.2, 0.25) is 0 Å². The Morgan fingerprint density at radius 3 is 2.14 bits per heavy atom. The van der Waals surface area contributed by atoms with Gasteiger partial charge in [0.25, 0.3) is 0 Å². The van der Waals surface area contributed by atoms with Crippen molar-refractivity contribution < 1.29 is 13.5 Å². The van der Waals surface area contributed by atoms with Crippen molar-refractivity contribution in [1.82, 2.24) is 0 Å². The van der Waals surface area contributed by atoms with Crippen molar-refractivity contribution in [3.63, 3.8) is 0 Å².